The van der Waals surface area contributed by atoms with Gasteiger partial charge in [-0.15, -0.1) is 0 Å². The lowest BCUT2D eigenvalue weighted by Crippen LogP contribution is -2.00. The Morgan fingerprint density at radius 1 is 1.60 bits per heavy atom. The van der Waals surface area contributed by atoms with Gasteiger partial charge in [0.1, 0.15) is 0 Å². The second-order valence-corrected chi connectivity index (χ2v) is 4.07. The summed E-state index contributed by atoms with van der Waals surface area (Å²) in [6.07, 6.45) is 2.60. The topological polar surface area (TPSA) is 49.3 Å². The molecular formula is C10H9BrClNO2. The van der Waals surface area contributed by atoms with Crippen LogP contribution in [-0.2, 0) is 4.79 Å². The normalized spacial score (nSPS) is 10.5. The van der Waals surface area contributed by atoms with E-state index in [1.54, 1.807) is 6.07 Å². The third-order valence-electron chi connectivity index (χ3n) is 1.60. The number of halogens is 2. The molecule has 1 rings (SSSR count). The lowest BCUT2D eigenvalue weighted by Gasteiger charge is -2.05. The SMILES string of the molecule is O=C(O)/C=C/CNc1cc(Br)ccc1Cl. The zero-order valence-corrected chi connectivity index (χ0v) is 10.0. The first-order chi connectivity index (χ1) is 7.09. The minimum Gasteiger partial charge on any atom is -0.478 e. The predicted molar refractivity (Wildman–Crippen MR) is 64.4 cm³/mol. The first-order valence-electron chi connectivity index (χ1n) is 4.18. The molecule has 2 N–H and O–H groups in total. The van der Waals surface area contributed by atoms with Gasteiger partial charge >= 0.3 is 5.97 Å². The molecule has 0 aliphatic heterocycles. The monoisotopic (exact) mass is 289 g/mol. The summed E-state index contributed by atoms with van der Waals surface area (Å²) in [7, 11) is 0. The Morgan fingerprint density at radius 3 is 3.00 bits per heavy atom. The second-order valence-electron chi connectivity index (χ2n) is 2.75. The molecule has 0 aromatic heterocycles. The van der Waals surface area contributed by atoms with Crippen LogP contribution in [0.15, 0.2) is 34.8 Å². The predicted octanol–water partition coefficient (Wildman–Crippen LogP) is 3.16. The summed E-state index contributed by atoms with van der Waals surface area (Å²) in [5, 5.41) is 12.0. The Balaban J connectivity index is 2.57. The number of anilines is 1. The lowest BCUT2D eigenvalue weighted by atomic mass is 10.3. The zero-order valence-electron chi connectivity index (χ0n) is 7.71. The van der Waals surface area contributed by atoms with E-state index in [0.29, 0.717) is 11.6 Å². The number of hydrogen-bond acceptors (Lipinski definition) is 2. The van der Waals surface area contributed by atoms with Crippen molar-refractivity contribution in [3.63, 3.8) is 0 Å². The van der Waals surface area contributed by atoms with Crippen LogP contribution in [0.25, 0.3) is 0 Å². The largest absolute Gasteiger partial charge is 0.478 e. The molecule has 1 aromatic carbocycles. The molecule has 15 heavy (non-hydrogen) atoms. The molecule has 80 valence electrons. The van der Waals surface area contributed by atoms with Crippen LogP contribution in [0.3, 0.4) is 0 Å². The van der Waals surface area contributed by atoms with Gasteiger partial charge in [0.25, 0.3) is 0 Å². The Morgan fingerprint density at radius 2 is 2.33 bits per heavy atom. The summed E-state index contributed by atoms with van der Waals surface area (Å²) in [4.78, 5) is 10.2. The van der Waals surface area contributed by atoms with Crippen LogP contribution in [0.1, 0.15) is 0 Å². The van der Waals surface area contributed by atoms with Gasteiger partial charge in [0.15, 0.2) is 0 Å². The number of benzene rings is 1. The second kappa shape index (κ2) is 5.78. The molecule has 0 saturated carbocycles. The van der Waals surface area contributed by atoms with Gasteiger partial charge in [-0.25, -0.2) is 4.79 Å². The van der Waals surface area contributed by atoms with Crippen molar-refractivity contribution in [2.75, 3.05) is 11.9 Å². The van der Waals surface area contributed by atoms with E-state index in [2.05, 4.69) is 21.2 Å². The molecule has 0 unspecified atom stereocenters. The number of carboxylic acid groups (broad SMARTS) is 1. The highest BCUT2D eigenvalue weighted by Gasteiger charge is 1.98. The highest BCUT2D eigenvalue weighted by Crippen LogP contribution is 2.25. The molecule has 5 heteroatoms. The molecule has 0 atom stereocenters. The van der Waals surface area contributed by atoms with Gasteiger partial charge in [-0.2, -0.15) is 0 Å². The van der Waals surface area contributed by atoms with Crippen molar-refractivity contribution in [3.05, 3.63) is 39.8 Å². The fourth-order valence-corrected chi connectivity index (χ4v) is 1.51. The van der Waals surface area contributed by atoms with Gasteiger partial charge in [0.2, 0.25) is 0 Å². The quantitative estimate of drug-likeness (QED) is 0.838. The summed E-state index contributed by atoms with van der Waals surface area (Å²) >= 11 is 9.23. The van der Waals surface area contributed by atoms with E-state index in [1.807, 2.05) is 12.1 Å². The first kappa shape index (κ1) is 12.1. The Hall–Kier alpha value is -1.000. The van der Waals surface area contributed by atoms with Crippen molar-refractivity contribution in [3.8, 4) is 0 Å². The summed E-state index contributed by atoms with van der Waals surface area (Å²) < 4.78 is 0.914. The number of carbonyl (C=O) groups is 1. The first-order valence-corrected chi connectivity index (χ1v) is 5.35. The van der Waals surface area contributed by atoms with Gasteiger partial charge < -0.3 is 10.4 Å². The van der Waals surface area contributed by atoms with E-state index >= 15 is 0 Å². The summed E-state index contributed by atoms with van der Waals surface area (Å²) in [6, 6.07) is 5.42. The van der Waals surface area contributed by atoms with Crippen LogP contribution in [0.4, 0.5) is 5.69 Å². The number of hydrogen-bond donors (Lipinski definition) is 2. The minimum absolute atomic E-state index is 0.419. The van der Waals surface area contributed by atoms with Crippen LogP contribution in [-0.4, -0.2) is 17.6 Å². The van der Waals surface area contributed by atoms with Crippen molar-refractivity contribution >= 4 is 39.2 Å². The molecule has 0 aliphatic carbocycles. The molecule has 0 radical (unpaired) electrons. The van der Waals surface area contributed by atoms with Crippen LogP contribution in [0.2, 0.25) is 5.02 Å². The smallest absolute Gasteiger partial charge is 0.328 e. The molecule has 1 aromatic rings. The number of carboxylic acids is 1. The van der Waals surface area contributed by atoms with Gasteiger partial charge in [-0.05, 0) is 18.2 Å². The molecular weight excluding hydrogens is 281 g/mol. The molecule has 0 amide bonds. The van der Waals surface area contributed by atoms with E-state index in [-0.39, 0.29) is 0 Å². The average Bonchev–Trinajstić information content (AvgIpc) is 2.17. The van der Waals surface area contributed by atoms with E-state index in [1.165, 1.54) is 6.08 Å². The van der Waals surface area contributed by atoms with Gasteiger partial charge in [0, 0.05) is 17.1 Å². The van der Waals surface area contributed by atoms with Gasteiger partial charge in [-0.1, -0.05) is 33.6 Å². The molecule has 0 bridgehead atoms. The Labute approximate surface area is 101 Å². The molecule has 0 spiro atoms. The lowest BCUT2D eigenvalue weighted by molar-refractivity contribution is -0.131. The fraction of sp³-hybridized carbons (Fsp3) is 0.100. The van der Waals surface area contributed by atoms with Crippen molar-refractivity contribution in [1.29, 1.82) is 0 Å². The van der Waals surface area contributed by atoms with Crippen LogP contribution in [0, 0.1) is 0 Å². The number of nitrogens with one attached hydrogen (secondary N) is 1. The highest BCUT2D eigenvalue weighted by molar-refractivity contribution is 9.10. The minimum atomic E-state index is -0.961. The highest BCUT2D eigenvalue weighted by atomic mass is 79.9. The van der Waals surface area contributed by atoms with Gasteiger partial charge in [0.05, 0.1) is 10.7 Å². The molecule has 0 saturated heterocycles. The average molecular weight is 291 g/mol. The molecule has 0 fully saturated rings. The third-order valence-corrected chi connectivity index (χ3v) is 2.42. The molecule has 0 aliphatic rings. The van der Waals surface area contributed by atoms with Crippen LogP contribution < -0.4 is 5.32 Å². The molecule has 0 heterocycles. The third kappa shape index (κ3) is 4.36. The van der Waals surface area contributed by atoms with Crippen LogP contribution in [0.5, 0.6) is 0 Å². The number of rotatable bonds is 4. The van der Waals surface area contributed by atoms with E-state index in [0.717, 1.165) is 16.2 Å². The van der Waals surface area contributed by atoms with E-state index in [4.69, 9.17) is 16.7 Å². The maximum absolute atomic E-state index is 10.2. The summed E-state index contributed by atoms with van der Waals surface area (Å²) in [5.41, 5.74) is 0.765. The van der Waals surface area contributed by atoms with Crippen LogP contribution >= 0.6 is 27.5 Å². The summed E-state index contributed by atoms with van der Waals surface area (Å²) in [6.45, 7) is 0.419. The fourth-order valence-electron chi connectivity index (χ4n) is 0.962. The molecule has 3 nitrogen and oxygen atoms in total. The van der Waals surface area contributed by atoms with Crippen molar-refractivity contribution in [1.82, 2.24) is 0 Å². The Kier molecular flexibility index (Phi) is 4.65. The van der Waals surface area contributed by atoms with Crippen molar-refractivity contribution in [2.24, 2.45) is 0 Å². The zero-order chi connectivity index (χ0) is 11.3. The number of aliphatic carboxylic acids is 1. The van der Waals surface area contributed by atoms with Crippen molar-refractivity contribution in [2.45, 2.75) is 0 Å². The summed E-state index contributed by atoms with van der Waals surface area (Å²) in [5.74, 6) is -0.961. The maximum atomic E-state index is 10.2. The standard InChI is InChI=1S/C10H9BrClNO2/c11-7-3-4-8(12)9(6-7)13-5-1-2-10(14)15/h1-4,6,13H,5H2,(H,14,15)/b2-1+. The van der Waals surface area contributed by atoms with E-state index in [9.17, 15) is 4.79 Å². The maximum Gasteiger partial charge on any atom is 0.328 e. The van der Waals surface area contributed by atoms with E-state index < -0.39 is 5.97 Å². The van der Waals surface area contributed by atoms with Gasteiger partial charge in [-0.3, -0.25) is 0 Å². The Bertz CT molecular complexity index is 393. The van der Waals surface area contributed by atoms with Crippen molar-refractivity contribution < 1.29 is 9.90 Å².